The van der Waals surface area contributed by atoms with Gasteiger partial charge in [-0.25, -0.2) is 0 Å². The van der Waals surface area contributed by atoms with Gasteiger partial charge >= 0.3 is 0 Å². The lowest BCUT2D eigenvalue weighted by Crippen LogP contribution is -1.72. The maximum atomic E-state index is 8.49. The lowest BCUT2D eigenvalue weighted by Gasteiger charge is -1.92. The molecule has 0 aromatic heterocycles. The maximum Gasteiger partial charge on any atom is 0.0991 e. The van der Waals surface area contributed by atoms with Crippen LogP contribution in [-0.2, 0) is 0 Å². The quantitative estimate of drug-likeness (QED) is 0.576. The van der Waals surface area contributed by atoms with Gasteiger partial charge in [0.1, 0.15) is 0 Å². The Kier molecular flexibility index (Phi) is 1.33. The molecule has 0 saturated carbocycles. The van der Waals surface area contributed by atoms with Gasteiger partial charge in [0.05, 0.1) is 11.6 Å². The number of thioether (sulfide) groups is 1. The van der Waals surface area contributed by atoms with Crippen LogP contribution < -0.4 is 0 Å². The number of benzene rings is 1. The zero-order valence-electron chi connectivity index (χ0n) is 8.16. The second-order valence-electron chi connectivity index (χ2n) is 1.74. The molecule has 2 heteroatoms. The van der Waals surface area contributed by atoms with E-state index in [0.717, 1.165) is 11.8 Å². The maximum absolute atomic E-state index is 8.49. The van der Waals surface area contributed by atoms with Crippen LogP contribution >= 0.6 is 11.8 Å². The van der Waals surface area contributed by atoms with Crippen molar-refractivity contribution >= 4 is 11.8 Å². The second-order valence-corrected chi connectivity index (χ2v) is 2.41. The lowest BCUT2D eigenvalue weighted by atomic mass is 10.2. The summed E-state index contributed by atoms with van der Waals surface area (Å²) in [4.78, 5) is 0.652. The van der Waals surface area contributed by atoms with Crippen LogP contribution in [0.4, 0.5) is 0 Å². The highest BCUT2D eigenvalue weighted by Gasteiger charge is 1.88. The standard InChI is InChI=1S/C8H7NS/c1-10-8-4-2-7(6-9)3-5-8/h2-5H,1H3/i1D3. The fourth-order valence-corrected chi connectivity index (χ4v) is 0.870. The third kappa shape index (κ3) is 1.52. The van der Waals surface area contributed by atoms with E-state index in [1.165, 1.54) is 0 Å². The molecule has 0 aliphatic heterocycles. The minimum atomic E-state index is -2.02. The molecule has 0 heterocycles. The normalized spacial score (nSPS) is 14.5. The van der Waals surface area contributed by atoms with E-state index in [4.69, 9.17) is 9.37 Å². The average Bonchev–Trinajstić information content (AvgIpc) is 2.03. The van der Waals surface area contributed by atoms with Crippen LogP contribution in [0.1, 0.15) is 9.68 Å². The van der Waals surface area contributed by atoms with E-state index < -0.39 is 6.18 Å². The summed E-state index contributed by atoms with van der Waals surface area (Å²) in [5.74, 6) is 0. The van der Waals surface area contributed by atoms with Crippen molar-refractivity contribution in [3.63, 3.8) is 0 Å². The molecule has 1 aromatic carbocycles. The Morgan fingerprint density at radius 3 is 2.70 bits per heavy atom. The van der Waals surface area contributed by atoms with Gasteiger partial charge in [-0.3, -0.25) is 0 Å². The summed E-state index contributed by atoms with van der Waals surface area (Å²) in [7, 11) is 0. The molecule has 1 rings (SSSR count). The van der Waals surface area contributed by atoms with E-state index >= 15 is 0 Å². The van der Waals surface area contributed by atoms with Crippen molar-refractivity contribution in [2.24, 2.45) is 0 Å². The zero-order chi connectivity index (χ0) is 9.90. The average molecular weight is 152 g/mol. The van der Waals surface area contributed by atoms with Crippen LogP contribution in [-0.4, -0.2) is 6.18 Å². The summed E-state index contributed by atoms with van der Waals surface area (Å²) in [6, 6.07) is 8.45. The Labute approximate surface area is 68.9 Å². The largest absolute Gasteiger partial charge is 0.192 e. The summed E-state index contributed by atoms with van der Waals surface area (Å²) >= 11 is 0.811. The van der Waals surface area contributed by atoms with E-state index in [0.29, 0.717) is 10.5 Å². The SMILES string of the molecule is [2H]C([2H])([2H])Sc1ccc(C#N)cc1. The van der Waals surface area contributed by atoms with Crippen LogP contribution in [0.5, 0.6) is 0 Å². The van der Waals surface area contributed by atoms with Gasteiger partial charge in [-0.15, -0.1) is 11.8 Å². The van der Waals surface area contributed by atoms with Crippen LogP contribution in [0.25, 0.3) is 0 Å². The van der Waals surface area contributed by atoms with Gasteiger partial charge in [-0.05, 0) is 30.4 Å². The molecule has 0 radical (unpaired) electrons. The van der Waals surface area contributed by atoms with E-state index in [-0.39, 0.29) is 0 Å². The fourth-order valence-electron chi connectivity index (χ4n) is 0.598. The first-order valence-electron chi connectivity index (χ1n) is 4.20. The molecular formula is C8H7NS. The monoisotopic (exact) mass is 152 g/mol. The predicted molar refractivity (Wildman–Crippen MR) is 42.9 cm³/mol. The molecule has 0 N–H and O–H groups in total. The topological polar surface area (TPSA) is 23.8 Å². The molecule has 0 amide bonds. The van der Waals surface area contributed by atoms with Crippen molar-refractivity contribution in [2.45, 2.75) is 4.90 Å². The summed E-state index contributed by atoms with van der Waals surface area (Å²) < 4.78 is 21.0. The molecule has 0 fully saturated rings. The second kappa shape index (κ2) is 3.28. The van der Waals surface area contributed by atoms with Crippen molar-refractivity contribution < 1.29 is 4.11 Å². The van der Waals surface area contributed by atoms with Gasteiger partial charge in [0, 0.05) is 9.01 Å². The van der Waals surface area contributed by atoms with Gasteiger partial charge in [-0.1, -0.05) is 0 Å². The fraction of sp³-hybridized carbons (Fsp3) is 0.125. The highest BCUT2D eigenvalue weighted by atomic mass is 32.2. The zero-order valence-corrected chi connectivity index (χ0v) is 5.98. The van der Waals surface area contributed by atoms with E-state index in [2.05, 4.69) is 0 Å². The van der Waals surface area contributed by atoms with E-state index in [1.54, 1.807) is 24.3 Å². The molecular weight excluding hydrogens is 142 g/mol. The first-order chi connectivity index (χ1) is 6.01. The van der Waals surface area contributed by atoms with Gasteiger partial charge in [0.25, 0.3) is 0 Å². The third-order valence-electron chi connectivity index (χ3n) is 1.10. The number of nitriles is 1. The van der Waals surface area contributed by atoms with Crippen molar-refractivity contribution in [3.05, 3.63) is 29.8 Å². The Morgan fingerprint density at radius 2 is 2.20 bits per heavy atom. The summed E-state index contributed by atoms with van der Waals surface area (Å²) in [6.07, 6.45) is -2.02. The Hall–Kier alpha value is -0.940. The first-order valence-corrected chi connectivity index (χ1v) is 3.52. The minimum Gasteiger partial charge on any atom is -0.192 e. The van der Waals surface area contributed by atoms with E-state index in [9.17, 15) is 0 Å². The molecule has 0 spiro atoms. The number of nitrogens with zero attached hydrogens (tertiary/aromatic N) is 1. The predicted octanol–water partition coefficient (Wildman–Crippen LogP) is 2.28. The van der Waals surface area contributed by atoms with Crippen LogP contribution in [0.15, 0.2) is 29.2 Å². The summed E-state index contributed by atoms with van der Waals surface area (Å²) in [6.45, 7) is 0. The molecule has 1 nitrogen and oxygen atoms in total. The Bertz CT molecular complexity index is 323. The molecule has 50 valence electrons. The van der Waals surface area contributed by atoms with Crippen molar-refractivity contribution in [3.8, 4) is 6.07 Å². The van der Waals surface area contributed by atoms with Crippen molar-refractivity contribution in [1.82, 2.24) is 0 Å². The minimum absolute atomic E-state index is 0.537. The Balaban J connectivity index is 2.77. The van der Waals surface area contributed by atoms with E-state index in [1.807, 2.05) is 6.07 Å². The summed E-state index contributed by atoms with van der Waals surface area (Å²) in [5.41, 5.74) is 0.537. The van der Waals surface area contributed by atoms with Gasteiger partial charge in [0.2, 0.25) is 0 Å². The number of hydrogen-bond acceptors (Lipinski definition) is 2. The van der Waals surface area contributed by atoms with Crippen LogP contribution in [0, 0.1) is 11.3 Å². The van der Waals surface area contributed by atoms with Crippen molar-refractivity contribution in [2.75, 3.05) is 6.18 Å². The highest BCUT2D eigenvalue weighted by molar-refractivity contribution is 7.98. The van der Waals surface area contributed by atoms with Crippen molar-refractivity contribution in [1.29, 1.82) is 5.26 Å². The first kappa shape index (κ1) is 4.05. The van der Waals surface area contributed by atoms with Crippen LogP contribution in [0.3, 0.4) is 0 Å². The molecule has 0 unspecified atom stereocenters. The van der Waals surface area contributed by atoms with Gasteiger partial charge in [0.15, 0.2) is 0 Å². The van der Waals surface area contributed by atoms with Gasteiger partial charge < -0.3 is 0 Å². The molecule has 0 aliphatic carbocycles. The number of hydrogen-bond donors (Lipinski definition) is 0. The third-order valence-corrected chi connectivity index (χ3v) is 1.61. The van der Waals surface area contributed by atoms with Gasteiger partial charge in [-0.2, -0.15) is 5.26 Å². The smallest absolute Gasteiger partial charge is 0.0991 e. The molecule has 0 atom stereocenters. The lowest BCUT2D eigenvalue weighted by molar-refractivity contribution is 1.42. The molecule has 0 aliphatic rings. The molecule has 10 heavy (non-hydrogen) atoms. The molecule has 0 saturated heterocycles. The Morgan fingerprint density at radius 1 is 1.50 bits per heavy atom. The summed E-state index contributed by atoms with van der Waals surface area (Å²) in [5, 5.41) is 8.49. The molecule has 1 aromatic rings. The number of rotatable bonds is 1. The van der Waals surface area contributed by atoms with Crippen LogP contribution in [0.2, 0.25) is 0 Å². The highest BCUT2D eigenvalue weighted by Crippen LogP contribution is 2.13. The molecule has 0 bridgehead atoms.